The van der Waals surface area contributed by atoms with Crippen molar-refractivity contribution in [2.45, 2.75) is 46.1 Å². The highest BCUT2D eigenvalue weighted by molar-refractivity contribution is 6.31. The number of nitrogens with zero attached hydrogens (tertiary/aromatic N) is 2. The zero-order valence-corrected chi connectivity index (χ0v) is 19.2. The Morgan fingerprint density at radius 3 is 2.52 bits per heavy atom. The molecule has 0 saturated heterocycles. The maximum Gasteiger partial charge on any atom is 0.334 e. The number of hydrogen-bond acceptors (Lipinski definition) is 3. The van der Waals surface area contributed by atoms with Crippen LogP contribution in [-0.4, -0.2) is 22.6 Å². The molecule has 2 aromatic carbocycles. The molecule has 1 aromatic heterocycles. The number of aromatic nitrogens is 2. The largest absolute Gasteiger partial charge is 0.466 e. The molecule has 0 aliphatic carbocycles. The first-order chi connectivity index (χ1) is 15.0. The Labute approximate surface area is 189 Å². The van der Waals surface area contributed by atoms with E-state index in [1.807, 2.05) is 54.7 Å². The van der Waals surface area contributed by atoms with Gasteiger partial charge in [0, 0.05) is 23.4 Å². The maximum atomic E-state index is 12.6. The number of carbonyl (C=O) groups excluding carboxylic acids is 1. The number of rotatable bonds is 9. The molecule has 3 rings (SSSR count). The van der Waals surface area contributed by atoms with Crippen LogP contribution < -0.4 is 0 Å². The Balaban J connectivity index is 2.02. The van der Waals surface area contributed by atoms with Gasteiger partial charge in [0.25, 0.3) is 0 Å². The van der Waals surface area contributed by atoms with Crippen LogP contribution in [0.4, 0.5) is 0 Å². The first kappa shape index (κ1) is 22.8. The number of imidazole rings is 1. The van der Waals surface area contributed by atoms with Gasteiger partial charge >= 0.3 is 5.97 Å². The van der Waals surface area contributed by atoms with Crippen LogP contribution in [0.5, 0.6) is 0 Å². The van der Waals surface area contributed by atoms with E-state index in [9.17, 15) is 4.79 Å². The van der Waals surface area contributed by atoms with Gasteiger partial charge in [-0.15, -0.1) is 0 Å². The van der Waals surface area contributed by atoms with Crippen LogP contribution in [0.15, 0.2) is 60.3 Å². The third kappa shape index (κ3) is 5.86. The molecular weight excluding hydrogens is 408 g/mol. The van der Waals surface area contributed by atoms with Gasteiger partial charge in [0.15, 0.2) is 0 Å². The van der Waals surface area contributed by atoms with Crippen molar-refractivity contribution in [2.24, 2.45) is 0 Å². The number of halogens is 1. The van der Waals surface area contributed by atoms with E-state index < -0.39 is 0 Å². The standard InChI is InChI=1S/C26H29ClN2O2/c1-4-5-14-25-28-17-23(29(25)18-21-12-8-9-13-24(21)27)16-22(26(30)31-3)15-20-11-7-6-10-19(20)2/h6-13,16-17H,4-5,14-15,18H2,1-3H3/b22-16+. The summed E-state index contributed by atoms with van der Waals surface area (Å²) < 4.78 is 7.24. The molecule has 0 unspecified atom stereocenters. The highest BCUT2D eigenvalue weighted by atomic mass is 35.5. The number of esters is 1. The van der Waals surface area contributed by atoms with Gasteiger partial charge in [0.1, 0.15) is 5.82 Å². The first-order valence-electron chi connectivity index (χ1n) is 10.6. The number of hydrogen-bond donors (Lipinski definition) is 0. The van der Waals surface area contributed by atoms with Crippen molar-refractivity contribution in [2.75, 3.05) is 7.11 Å². The molecule has 0 N–H and O–H groups in total. The van der Waals surface area contributed by atoms with Gasteiger partial charge in [-0.3, -0.25) is 0 Å². The molecule has 0 bridgehead atoms. The fourth-order valence-corrected chi connectivity index (χ4v) is 3.76. The van der Waals surface area contributed by atoms with Crippen LogP contribution in [0.25, 0.3) is 6.08 Å². The molecular formula is C26H29ClN2O2. The summed E-state index contributed by atoms with van der Waals surface area (Å²) >= 11 is 6.43. The van der Waals surface area contributed by atoms with Crippen molar-refractivity contribution < 1.29 is 9.53 Å². The summed E-state index contributed by atoms with van der Waals surface area (Å²) in [5.74, 6) is 0.664. The van der Waals surface area contributed by atoms with Crippen molar-refractivity contribution in [3.05, 3.63) is 93.5 Å². The average Bonchev–Trinajstić information content (AvgIpc) is 3.15. The quantitative estimate of drug-likeness (QED) is 0.303. The Bertz CT molecular complexity index is 1070. The Morgan fingerprint density at radius 2 is 1.84 bits per heavy atom. The number of methoxy groups -OCH3 is 1. The fourth-order valence-electron chi connectivity index (χ4n) is 3.56. The molecule has 0 radical (unpaired) electrons. The van der Waals surface area contributed by atoms with Crippen molar-refractivity contribution in [3.63, 3.8) is 0 Å². The van der Waals surface area contributed by atoms with E-state index in [1.54, 1.807) is 0 Å². The van der Waals surface area contributed by atoms with Gasteiger partial charge in [-0.1, -0.05) is 67.4 Å². The lowest BCUT2D eigenvalue weighted by atomic mass is 10.00. The van der Waals surface area contributed by atoms with E-state index in [0.29, 0.717) is 18.5 Å². The Hall–Kier alpha value is -2.85. The summed E-state index contributed by atoms with van der Waals surface area (Å²) in [5, 5.41) is 0.723. The summed E-state index contributed by atoms with van der Waals surface area (Å²) in [5.41, 5.74) is 4.74. The monoisotopic (exact) mass is 436 g/mol. The van der Waals surface area contributed by atoms with Gasteiger partial charge in [-0.25, -0.2) is 9.78 Å². The molecule has 0 fully saturated rings. The van der Waals surface area contributed by atoms with E-state index in [1.165, 1.54) is 7.11 Å². The lowest BCUT2D eigenvalue weighted by Gasteiger charge is -2.13. The van der Waals surface area contributed by atoms with E-state index in [2.05, 4.69) is 29.5 Å². The van der Waals surface area contributed by atoms with E-state index >= 15 is 0 Å². The zero-order chi connectivity index (χ0) is 22.2. The third-order valence-electron chi connectivity index (χ3n) is 5.42. The normalized spacial score (nSPS) is 11.5. The molecule has 0 aliphatic heterocycles. The van der Waals surface area contributed by atoms with Gasteiger partial charge in [-0.05, 0) is 42.2 Å². The van der Waals surface area contributed by atoms with Gasteiger partial charge in [-0.2, -0.15) is 0 Å². The van der Waals surface area contributed by atoms with Crippen LogP contribution in [0.2, 0.25) is 5.02 Å². The molecule has 0 aliphatic rings. The third-order valence-corrected chi connectivity index (χ3v) is 5.79. The lowest BCUT2D eigenvalue weighted by molar-refractivity contribution is -0.136. The van der Waals surface area contributed by atoms with Crippen LogP contribution in [0.3, 0.4) is 0 Å². The predicted molar refractivity (Wildman–Crippen MR) is 126 cm³/mol. The molecule has 1 heterocycles. The molecule has 0 amide bonds. The SMILES string of the molecule is CCCCc1ncc(/C=C(\Cc2ccccc2C)C(=O)OC)n1Cc1ccccc1Cl. The molecule has 0 atom stereocenters. The Morgan fingerprint density at radius 1 is 1.13 bits per heavy atom. The molecule has 5 heteroatoms. The fraction of sp³-hybridized carbons (Fsp3) is 0.308. The van der Waals surface area contributed by atoms with Gasteiger partial charge in [0.05, 0.1) is 25.5 Å². The summed E-state index contributed by atoms with van der Waals surface area (Å²) in [6, 6.07) is 15.9. The van der Waals surface area contributed by atoms with Gasteiger partial charge in [0.2, 0.25) is 0 Å². The zero-order valence-electron chi connectivity index (χ0n) is 18.4. The smallest absolute Gasteiger partial charge is 0.334 e. The van der Waals surface area contributed by atoms with Crippen LogP contribution in [-0.2, 0) is 28.9 Å². The molecule has 31 heavy (non-hydrogen) atoms. The van der Waals surface area contributed by atoms with Crippen molar-refractivity contribution in [1.29, 1.82) is 0 Å². The van der Waals surface area contributed by atoms with Crippen LogP contribution in [0.1, 0.15) is 48.0 Å². The minimum atomic E-state index is -0.330. The maximum absolute atomic E-state index is 12.6. The summed E-state index contributed by atoms with van der Waals surface area (Å²) in [7, 11) is 1.42. The molecule has 3 aromatic rings. The molecule has 162 valence electrons. The average molecular weight is 437 g/mol. The number of unbranched alkanes of at least 4 members (excludes halogenated alkanes) is 1. The summed E-state index contributed by atoms with van der Waals surface area (Å²) in [6.45, 7) is 4.82. The predicted octanol–water partition coefficient (Wildman–Crippen LogP) is 6.03. The summed E-state index contributed by atoms with van der Waals surface area (Å²) in [4.78, 5) is 17.3. The Kier molecular flexibility index (Phi) is 8.07. The number of aryl methyl sites for hydroxylation is 2. The van der Waals surface area contributed by atoms with Crippen molar-refractivity contribution in [1.82, 2.24) is 9.55 Å². The van der Waals surface area contributed by atoms with E-state index in [0.717, 1.165) is 52.5 Å². The highest BCUT2D eigenvalue weighted by Gasteiger charge is 2.16. The second-order valence-electron chi connectivity index (χ2n) is 7.64. The minimum absolute atomic E-state index is 0.330. The number of carbonyl (C=O) groups is 1. The molecule has 4 nitrogen and oxygen atoms in total. The van der Waals surface area contributed by atoms with Crippen molar-refractivity contribution in [3.8, 4) is 0 Å². The lowest BCUT2D eigenvalue weighted by Crippen LogP contribution is -2.11. The summed E-state index contributed by atoms with van der Waals surface area (Å²) in [6.07, 6.45) is 7.25. The first-order valence-corrected chi connectivity index (χ1v) is 11.0. The highest BCUT2D eigenvalue weighted by Crippen LogP contribution is 2.22. The van der Waals surface area contributed by atoms with Gasteiger partial charge < -0.3 is 9.30 Å². The van der Waals surface area contributed by atoms with E-state index in [4.69, 9.17) is 16.3 Å². The van der Waals surface area contributed by atoms with Crippen LogP contribution >= 0.6 is 11.6 Å². The van der Waals surface area contributed by atoms with Crippen LogP contribution in [0, 0.1) is 6.92 Å². The van der Waals surface area contributed by atoms with Crippen molar-refractivity contribution >= 4 is 23.6 Å². The number of benzene rings is 2. The van der Waals surface area contributed by atoms with E-state index in [-0.39, 0.29) is 5.97 Å². The minimum Gasteiger partial charge on any atom is -0.466 e. The second kappa shape index (κ2) is 11.0. The number of ether oxygens (including phenoxy) is 1. The molecule has 0 spiro atoms. The molecule has 0 saturated carbocycles. The topological polar surface area (TPSA) is 44.1 Å². The second-order valence-corrected chi connectivity index (χ2v) is 8.05.